The molecule has 1 heterocycles. The Morgan fingerprint density at radius 3 is 2.52 bits per heavy atom. The van der Waals surface area contributed by atoms with E-state index in [0.717, 1.165) is 37.7 Å². The predicted molar refractivity (Wildman–Crippen MR) is 83.7 cm³/mol. The molecule has 3 nitrogen and oxygen atoms in total. The number of nitrogens with zero attached hydrogens (tertiary/aromatic N) is 2. The first kappa shape index (κ1) is 14.9. The van der Waals surface area contributed by atoms with Crippen LogP contribution in [-0.4, -0.2) is 49.1 Å². The number of hydrogen-bond acceptors (Lipinski definition) is 3. The lowest BCUT2D eigenvalue weighted by Crippen LogP contribution is -2.49. The van der Waals surface area contributed by atoms with Crippen molar-refractivity contribution >= 4 is 0 Å². The predicted octanol–water partition coefficient (Wildman–Crippen LogP) is 2.16. The molecule has 21 heavy (non-hydrogen) atoms. The fourth-order valence-corrected chi connectivity index (χ4v) is 3.29. The molecule has 1 aliphatic heterocycles. The molecular formula is C17H26FN3. The largest absolute Gasteiger partial charge is 0.329 e. The second-order valence-electron chi connectivity index (χ2n) is 6.54. The minimum Gasteiger partial charge on any atom is -0.329 e. The first-order chi connectivity index (χ1) is 10.2. The van der Waals surface area contributed by atoms with Crippen molar-refractivity contribution in [3.8, 4) is 0 Å². The Kier molecular flexibility index (Phi) is 4.57. The summed E-state index contributed by atoms with van der Waals surface area (Å²) in [5.41, 5.74) is 7.85. The van der Waals surface area contributed by atoms with Crippen LogP contribution in [0.25, 0.3) is 0 Å². The summed E-state index contributed by atoms with van der Waals surface area (Å²) in [6, 6.07) is 5.61. The van der Waals surface area contributed by atoms with Crippen LogP contribution < -0.4 is 5.73 Å². The van der Waals surface area contributed by atoms with Gasteiger partial charge >= 0.3 is 0 Å². The third-order valence-corrected chi connectivity index (χ3v) is 4.85. The van der Waals surface area contributed by atoms with Crippen molar-refractivity contribution in [3.05, 3.63) is 35.1 Å². The van der Waals surface area contributed by atoms with E-state index in [0.29, 0.717) is 12.1 Å². The minimum absolute atomic E-state index is 0.135. The molecule has 2 fully saturated rings. The molecule has 1 saturated heterocycles. The number of benzene rings is 1. The standard InChI is InChI=1S/C17H26FN3/c1-13-10-15(4-5-16(13)18)17(11-19)21-8-6-20(7-9-21)12-14-2-3-14/h4-5,10,14,17H,2-3,6-9,11-12,19H2,1H3. The molecule has 0 aromatic heterocycles. The van der Waals surface area contributed by atoms with E-state index in [1.165, 1.54) is 19.4 Å². The number of rotatable bonds is 5. The van der Waals surface area contributed by atoms with E-state index in [2.05, 4.69) is 9.80 Å². The monoisotopic (exact) mass is 291 g/mol. The van der Waals surface area contributed by atoms with Gasteiger partial charge in [-0.2, -0.15) is 0 Å². The number of halogens is 1. The van der Waals surface area contributed by atoms with Gasteiger partial charge in [-0.25, -0.2) is 4.39 Å². The molecule has 0 bridgehead atoms. The third kappa shape index (κ3) is 3.62. The lowest BCUT2D eigenvalue weighted by Gasteiger charge is -2.39. The highest BCUT2D eigenvalue weighted by molar-refractivity contribution is 5.27. The van der Waals surface area contributed by atoms with Gasteiger partial charge in [0, 0.05) is 45.3 Å². The summed E-state index contributed by atoms with van der Waals surface area (Å²) in [7, 11) is 0. The summed E-state index contributed by atoms with van der Waals surface area (Å²) in [6.07, 6.45) is 2.83. The highest BCUT2D eigenvalue weighted by Crippen LogP contribution is 2.30. The van der Waals surface area contributed by atoms with Crippen molar-refractivity contribution in [3.63, 3.8) is 0 Å². The van der Waals surface area contributed by atoms with Crippen molar-refractivity contribution in [2.45, 2.75) is 25.8 Å². The van der Waals surface area contributed by atoms with Crippen molar-refractivity contribution in [2.24, 2.45) is 11.7 Å². The van der Waals surface area contributed by atoms with Crippen LogP contribution >= 0.6 is 0 Å². The van der Waals surface area contributed by atoms with Crippen molar-refractivity contribution < 1.29 is 4.39 Å². The molecule has 0 radical (unpaired) electrons. The summed E-state index contributed by atoms with van der Waals surface area (Å²) in [6.45, 7) is 8.07. The van der Waals surface area contributed by atoms with E-state index in [1.54, 1.807) is 6.07 Å². The third-order valence-electron chi connectivity index (χ3n) is 4.85. The van der Waals surface area contributed by atoms with Crippen LogP contribution in [0.4, 0.5) is 4.39 Å². The quantitative estimate of drug-likeness (QED) is 0.902. The Hall–Kier alpha value is -0.970. The maximum absolute atomic E-state index is 13.4. The Morgan fingerprint density at radius 2 is 1.95 bits per heavy atom. The molecular weight excluding hydrogens is 265 g/mol. The molecule has 1 aromatic carbocycles. The molecule has 2 N–H and O–H groups in total. The van der Waals surface area contributed by atoms with Gasteiger partial charge < -0.3 is 10.6 Å². The van der Waals surface area contributed by atoms with Crippen LogP contribution in [0, 0.1) is 18.7 Å². The summed E-state index contributed by atoms with van der Waals surface area (Å²) in [4.78, 5) is 5.04. The van der Waals surface area contributed by atoms with E-state index < -0.39 is 0 Å². The second kappa shape index (κ2) is 6.42. The molecule has 0 amide bonds. The summed E-state index contributed by atoms with van der Waals surface area (Å²) >= 11 is 0. The fourth-order valence-electron chi connectivity index (χ4n) is 3.29. The van der Waals surface area contributed by atoms with E-state index in [9.17, 15) is 4.39 Å². The Morgan fingerprint density at radius 1 is 1.24 bits per heavy atom. The molecule has 1 aromatic rings. The van der Waals surface area contributed by atoms with Crippen LogP contribution in [0.3, 0.4) is 0 Å². The van der Waals surface area contributed by atoms with E-state index in [1.807, 2.05) is 19.1 Å². The summed E-state index contributed by atoms with van der Waals surface area (Å²) in [5, 5.41) is 0. The molecule has 1 aliphatic carbocycles. The van der Waals surface area contributed by atoms with Crippen LogP contribution in [0.15, 0.2) is 18.2 Å². The first-order valence-corrected chi connectivity index (χ1v) is 8.10. The van der Waals surface area contributed by atoms with Crippen LogP contribution in [0.1, 0.15) is 30.0 Å². The van der Waals surface area contributed by atoms with Gasteiger partial charge in [-0.05, 0) is 42.9 Å². The fraction of sp³-hybridized carbons (Fsp3) is 0.647. The van der Waals surface area contributed by atoms with Crippen molar-refractivity contribution in [1.29, 1.82) is 0 Å². The highest BCUT2D eigenvalue weighted by Gasteiger charge is 2.28. The van der Waals surface area contributed by atoms with E-state index in [-0.39, 0.29) is 11.9 Å². The topological polar surface area (TPSA) is 32.5 Å². The molecule has 2 aliphatic rings. The van der Waals surface area contributed by atoms with Gasteiger partial charge in [-0.15, -0.1) is 0 Å². The van der Waals surface area contributed by atoms with Crippen molar-refractivity contribution in [1.82, 2.24) is 9.80 Å². The zero-order valence-corrected chi connectivity index (χ0v) is 12.9. The van der Waals surface area contributed by atoms with E-state index in [4.69, 9.17) is 5.73 Å². The zero-order valence-electron chi connectivity index (χ0n) is 12.9. The maximum Gasteiger partial charge on any atom is 0.126 e. The minimum atomic E-state index is -0.135. The molecule has 0 spiro atoms. The van der Waals surface area contributed by atoms with Gasteiger partial charge in [0.1, 0.15) is 5.82 Å². The molecule has 1 saturated carbocycles. The summed E-state index contributed by atoms with van der Waals surface area (Å²) in [5.74, 6) is 0.824. The molecule has 4 heteroatoms. The number of nitrogens with two attached hydrogens (primary N) is 1. The van der Waals surface area contributed by atoms with Gasteiger partial charge in [0.15, 0.2) is 0 Å². The first-order valence-electron chi connectivity index (χ1n) is 8.10. The Labute approximate surface area is 126 Å². The Bertz CT molecular complexity index is 479. The average Bonchev–Trinajstić information content (AvgIpc) is 3.29. The zero-order chi connectivity index (χ0) is 14.8. The maximum atomic E-state index is 13.4. The lowest BCUT2D eigenvalue weighted by molar-refractivity contribution is 0.0955. The smallest absolute Gasteiger partial charge is 0.126 e. The summed E-state index contributed by atoms with van der Waals surface area (Å²) < 4.78 is 13.4. The van der Waals surface area contributed by atoms with E-state index >= 15 is 0 Å². The molecule has 3 rings (SSSR count). The average molecular weight is 291 g/mol. The number of aryl methyl sites for hydroxylation is 1. The van der Waals surface area contributed by atoms with Crippen LogP contribution in [0.2, 0.25) is 0 Å². The van der Waals surface area contributed by atoms with Crippen LogP contribution in [-0.2, 0) is 0 Å². The second-order valence-corrected chi connectivity index (χ2v) is 6.54. The molecule has 116 valence electrons. The van der Waals surface area contributed by atoms with Crippen molar-refractivity contribution in [2.75, 3.05) is 39.3 Å². The van der Waals surface area contributed by atoms with Crippen LogP contribution in [0.5, 0.6) is 0 Å². The van der Waals surface area contributed by atoms with Gasteiger partial charge in [0.25, 0.3) is 0 Å². The number of piperazine rings is 1. The SMILES string of the molecule is Cc1cc(C(CN)N2CCN(CC3CC3)CC2)ccc1F. The normalized spacial score (nSPS) is 22.4. The van der Waals surface area contributed by atoms with Gasteiger partial charge in [-0.3, -0.25) is 4.90 Å². The van der Waals surface area contributed by atoms with Gasteiger partial charge in [0.2, 0.25) is 0 Å². The lowest BCUT2D eigenvalue weighted by atomic mass is 10.0. The molecule has 1 unspecified atom stereocenters. The molecule has 1 atom stereocenters. The van der Waals surface area contributed by atoms with Gasteiger partial charge in [-0.1, -0.05) is 12.1 Å². The Balaban J connectivity index is 1.62. The highest BCUT2D eigenvalue weighted by atomic mass is 19.1. The number of hydrogen-bond donors (Lipinski definition) is 1. The van der Waals surface area contributed by atoms with Gasteiger partial charge in [0.05, 0.1) is 0 Å².